The van der Waals surface area contributed by atoms with Gasteiger partial charge in [0.25, 0.3) is 11.8 Å². The Kier molecular flexibility index (Phi) is 3.33. The number of rotatable bonds is 2. The first-order valence-corrected chi connectivity index (χ1v) is 8.15. The number of fused-ring (bicyclic) bond motifs is 2. The molecule has 122 valence electrons. The van der Waals surface area contributed by atoms with Crippen LogP contribution in [0.4, 0.5) is 5.69 Å². The van der Waals surface area contributed by atoms with Gasteiger partial charge in [-0.15, -0.1) is 0 Å². The summed E-state index contributed by atoms with van der Waals surface area (Å²) in [6.07, 6.45) is 7.29. The number of benzene rings is 1. The highest BCUT2D eigenvalue weighted by molar-refractivity contribution is 6.11. The largest absolute Gasteiger partial charge is 0.364 e. The standard InChI is InChI=1S/C18H18N4O2/c19-16(23)14-15(21-10-9-20-14)17(24)22-11-18(7-3-4-8-18)12-5-1-2-6-13(12)22/h1-2,5-6,9-10H,3-4,7-8,11H2,(H2,19,23). The summed E-state index contributed by atoms with van der Waals surface area (Å²) in [5, 5.41) is 0. The molecule has 1 saturated carbocycles. The van der Waals surface area contributed by atoms with Crippen LogP contribution in [0.3, 0.4) is 0 Å². The molecule has 24 heavy (non-hydrogen) atoms. The Morgan fingerprint density at radius 1 is 1.04 bits per heavy atom. The van der Waals surface area contributed by atoms with E-state index < -0.39 is 5.91 Å². The average molecular weight is 322 g/mol. The molecule has 0 bridgehead atoms. The lowest BCUT2D eigenvalue weighted by Gasteiger charge is -2.24. The lowest BCUT2D eigenvalue weighted by atomic mass is 9.81. The molecule has 6 nitrogen and oxygen atoms in total. The third-order valence-corrected chi connectivity index (χ3v) is 5.17. The maximum atomic E-state index is 13.1. The monoisotopic (exact) mass is 322 g/mol. The highest BCUT2D eigenvalue weighted by Crippen LogP contribution is 2.50. The molecule has 1 aliphatic heterocycles. The highest BCUT2D eigenvalue weighted by atomic mass is 16.2. The number of hydrogen-bond donors (Lipinski definition) is 1. The first kappa shape index (κ1) is 14.8. The molecule has 4 rings (SSSR count). The van der Waals surface area contributed by atoms with Gasteiger partial charge in [-0.2, -0.15) is 0 Å². The number of nitrogens with two attached hydrogens (primary N) is 1. The minimum atomic E-state index is -0.741. The summed E-state index contributed by atoms with van der Waals surface area (Å²) in [5.41, 5.74) is 7.46. The predicted molar refractivity (Wildman–Crippen MR) is 88.8 cm³/mol. The number of anilines is 1. The van der Waals surface area contributed by atoms with Crippen molar-refractivity contribution in [2.24, 2.45) is 5.73 Å². The molecule has 0 atom stereocenters. The van der Waals surface area contributed by atoms with Gasteiger partial charge >= 0.3 is 0 Å². The maximum absolute atomic E-state index is 13.1. The van der Waals surface area contributed by atoms with Crippen molar-refractivity contribution in [3.63, 3.8) is 0 Å². The van der Waals surface area contributed by atoms with Crippen molar-refractivity contribution in [2.45, 2.75) is 31.1 Å². The minimum absolute atomic E-state index is 0.0230. The molecule has 2 N–H and O–H groups in total. The molecule has 1 aromatic heterocycles. The predicted octanol–water partition coefficient (Wildman–Crippen LogP) is 2.05. The Morgan fingerprint density at radius 2 is 1.71 bits per heavy atom. The molecule has 2 aromatic rings. The number of nitrogens with zero attached hydrogens (tertiary/aromatic N) is 3. The van der Waals surface area contributed by atoms with E-state index in [1.54, 1.807) is 4.90 Å². The van der Waals surface area contributed by atoms with Crippen LogP contribution in [0.5, 0.6) is 0 Å². The molecule has 1 fully saturated rings. The zero-order valence-corrected chi connectivity index (χ0v) is 13.2. The van der Waals surface area contributed by atoms with Crippen molar-refractivity contribution in [1.82, 2.24) is 9.97 Å². The third kappa shape index (κ3) is 2.10. The van der Waals surface area contributed by atoms with Gasteiger partial charge in [-0.25, -0.2) is 9.97 Å². The van der Waals surface area contributed by atoms with E-state index >= 15 is 0 Å². The number of aromatic nitrogens is 2. The summed E-state index contributed by atoms with van der Waals surface area (Å²) < 4.78 is 0. The lowest BCUT2D eigenvalue weighted by molar-refractivity contribution is 0.0951. The van der Waals surface area contributed by atoms with E-state index in [1.807, 2.05) is 18.2 Å². The zero-order valence-electron chi connectivity index (χ0n) is 13.2. The summed E-state index contributed by atoms with van der Waals surface area (Å²) in [4.78, 5) is 34.4. The maximum Gasteiger partial charge on any atom is 0.279 e. The second-order valence-electron chi connectivity index (χ2n) is 6.51. The molecule has 2 amide bonds. The summed E-state index contributed by atoms with van der Waals surface area (Å²) in [6.45, 7) is 0.625. The van der Waals surface area contributed by atoms with Gasteiger partial charge in [-0.05, 0) is 24.5 Å². The number of para-hydroxylation sites is 1. The van der Waals surface area contributed by atoms with Gasteiger partial charge in [0.1, 0.15) is 0 Å². The third-order valence-electron chi connectivity index (χ3n) is 5.17. The fourth-order valence-electron chi connectivity index (χ4n) is 4.09. The molecule has 0 radical (unpaired) electrons. The van der Waals surface area contributed by atoms with Gasteiger partial charge in [0.15, 0.2) is 11.4 Å². The van der Waals surface area contributed by atoms with Crippen molar-refractivity contribution in [3.05, 3.63) is 53.6 Å². The van der Waals surface area contributed by atoms with Gasteiger partial charge in [-0.3, -0.25) is 9.59 Å². The molecule has 0 saturated heterocycles. The van der Waals surface area contributed by atoms with E-state index in [0.717, 1.165) is 18.5 Å². The Labute approximate surface area is 139 Å². The van der Waals surface area contributed by atoms with Crippen molar-refractivity contribution in [2.75, 3.05) is 11.4 Å². The highest BCUT2D eigenvalue weighted by Gasteiger charge is 2.46. The fourth-order valence-corrected chi connectivity index (χ4v) is 4.09. The number of carbonyl (C=O) groups is 2. The van der Waals surface area contributed by atoms with Crippen LogP contribution in [-0.4, -0.2) is 28.3 Å². The van der Waals surface area contributed by atoms with Crippen molar-refractivity contribution in [3.8, 4) is 0 Å². The Bertz CT molecular complexity index is 827. The number of primary amides is 1. The van der Waals surface area contributed by atoms with E-state index in [-0.39, 0.29) is 22.7 Å². The summed E-state index contributed by atoms with van der Waals surface area (Å²) >= 11 is 0. The normalized spacial score (nSPS) is 17.9. The molecule has 1 aromatic carbocycles. The molecular weight excluding hydrogens is 304 g/mol. The lowest BCUT2D eigenvalue weighted by Crippen LogP contribution is -2.37. The van der Waals surface area contributed by atoms with Crippen LogP contribution < -0.4 is 10.6 Å². The van der Waals surface area contributed by atoms with Gasteiger partial charge in [0, 0.05) is 30.0 Å². The number of hydrogen-bond acceptors (Lipinski definition) is 4. The van der Waals surface area contributed by atoms with E-state index in [0.29, 0.717) is 6.54 Å². The van der Waals surface area contributed by atoms with Crippen LogP contribution in [0.2, 0.25) is 0 Å². The van der Waals surface area contributed by atoms with Crippen molar-refractivity contribution < 1.29 is 9.59 Å². The number of amides is 2. The first-order valence-electron chi connectivity index (χ1n) is 8.15. The minimum Gasteiger partial charge on any atom is -0.364 e. The van der Waals surface area contributed by atoms with E-state index in [9.17, 15) is 9.59 Å². The van der Waals surface area contributed by atoms with E-state index in [2.05, 4.69) is 16.0 Å². The average Bonchev–Trinajstić information content (AvgIpc) is 3.21. The van der Waals surface area contributed by atoms with Crippen LogP contribution in [0.25, 0.3) is 0 Å². The van der Waals surface area contributed by atoms with Crippen LogP contribution in [0, 0.1) is 0 Å². The smallest absolute Gasteiger partial charge is 0.279 e. The van der Waals surface area contributed by atoms with Crippen LogP contribution >= 0.6 is 0 Å². The van der Waals surface area contributed by atoms with E-state index in [1.165, 1.54) is 30.8 Å². The van der Waals surface area contributed by atoms with Crippen LogP contribution in [-0.2, 0) is 5.41 Å². The fraction of sp³-hybridized carbons (Fsp3) is 0.333. The van der Waals surface area contributed by atoms with Crippen molar-refractivity contribution >= 4 is 17.5 Å². The molecule has 2 aliphatic rings. The van der Waals surface area contributed by atoms with Gasteiger partial charge < -0.3 is 10.6 Å². The zero-order chi connectivity index (χ0) is 16.7. The number of carbonyl (C=O) groups excluding carboxylic acids is 2. The molecular formula is C18H18N4O2. The quantitative estimate of drug-likeness (QED) is 0.916. The molecule has 1 spiro atoms. The van der Waals surface area contributed by atoms with Crippen LogP contribution in [0.15, 0.2) is 36.7 Å². The Morgan fingerprint density at radius 3 is 2.42 bits per heavy atom. The van der Waals surface area contributed by atoms with Crippen LogP contribution in [0.1, 0.15) is 52.2 Å². The topological polar surface area (TPSA) is 89.2 Å². The summed E-state index contributed by atoms with van der Waals surface area (Å²) in [7, 11) is 0. The summed E-state index contributed by atoms with van der Waals surface area (Å²) in [6, 6.07) is 8.02. The first-order chi connectivity index (χ1) is 11.6. The summed E-state index contributed by atoms with van der Waals surface area (Å²) in [5.74, 6) is -1.05. The molecule has 6 heteroatoms. The second-order valence-corrected chi connectivity index (χ2v) is 6.51. The molecule has 2 heterocycles. The molecule has 0 unspecified atom stereocenters. The van der Waals surface area contributed by atoms with E-state index in [4.69, 9.17) is 5.73 Å². The Balaban J connectivity index is 1.78. The SMILES string of the molecule is NC(=O)c1nccnc1C(=O)N1CC2(CCCC2)c2ccccc21. The van der Waals surface area contributed by atoms with Gasteiger partial charge in [0.05, 0.1) is 0 Å². The Hall–Kier alpha value is -2.76. The molecule has 1 aliphatic carbocycles. The van der Waals surface area contributed by atoms with Gasteiger partial charge in [-0.1, -0.05) is 31.0 Å². The van der Waals surface area contributed by atoms with Crippen molar-refractivity contribution in [1.29, 1.82) is 0 Å². The second kappa shape index (κ2) is 5.40. The van der Waals surface area contributed by atoms with Gasteiger partial charge in [0.2, 0.25) is 0 Å².